The maximum Gasteiger partial charge on any atom is 0.434 e. The molecule has 1 aliphatic heterocycles. The Morgan fingerprint density at radius 3 is 2.33 bits per heavy atom. The van der Waals surface area contributed by atoms with Gasteiger partial charge in [0.2, 0.25) is 0 Å². The first-order valence-corrected chi connectivity index (χ1v) is 15.6. The molecule has 1 aliphatic rings. The standard InChI is InChI=1S/C30H18Cl5F3N2O4S/c1-2-43-28(42)23-24(15-4-6-17(31)7-5-15)40-27(41)22(45-29(40)39-26(23)30(36,37)38)11-16-10-18(32)12-21(35)25(16)44-13-14-3-8-19(33)20(34)9-14/h3-12,24H,2,13H2,1H3/b22-11-/t24-/m1/s1. The summed E-state index contributed by atoms with van der Waals surface area (Å²) in [7, 11) is 0. The Bertz CT molecular complexity index is 2030. The highest BCUT2D eigenvalue weighted by Crippen LogP contribution is 2.39. The zero-order chi connectivity index (χ0) is 32.6. The van der Waals surface area contributed by atoms with Gasteiger partial charge in [-0.05, 0) is 60.5 Å². The Balaban J connectivity index is 1.70. The van der Waals surface area contributed by atoms with Crippen molar-refractivity contribution in [1.29, 1.82) is 0 Å². The summed E-state index contributed by atoms with van der Waals surface area (Å²) in [5.74, 6) is -1.11. The van der Waals surface area contributed by atoms with Gasteiger partial charge in [0.15, 0.2) is 10.5 Å². The van der Waals surface area contributed by atoms with Crippen LogP contribution in [-0.2, 0) is 16.1 Å². The van der Waals surface area contributed by atoms with Crippen molar-refractivity contribution in [2.75, 3.05) is 6.61 Å². The van der Waals surface area contributed by atoms with E-state index in [4.69, 9.17) is 67.5 Å². The van der Waals surface area contributed by atoms with Crippen LogP contribution < -0.4 is 19.6 Å². The molecule has 1 aromatic heterocycles. The molecule has 0 radical (unpaired) electrons. The first-order valence-electron chi connectivity index (χ1n) is 12.9. The number of hydrogen-bond donors (Lipinski definition) is 0. The molecule has 0 aliphatic carbocycles. The topological polar surface area (TPSA) is 69.9 Å². The second kappa shape index (κ2) is 13.4. The minimum Gasteiger partial charge on any atom is -0.487 e. The molecule has 3 aromatic carbocycles. The molecule has 15 heteroatoms. The van der Waals surface area contributed by atoms with Crippen LogP contribution in [-0.4, -0.2) is 23.3 Å². The van der Waals surface area contributed by atoms with Crippen molar-refractivity contribution in [2.45, 2.75) is 25.7 Å². The summed E-state index contributed by atoms with van der Waals surface area (Å²) in [6, 6.07) is 12.0. The van der Waals surface area contributed by atoms with E-state index in [1.54, 1.807) is 18.2 Å². The van der Waals surface area contributed by atoms with Gasteiger partial charge in [-0.15, -0.1) is 0 Å². The van der Waals surface area contributed by atoms with Crippen molar-refractivity contribution in [3.05, 3.63) is 127 Å². The van der Waals surface area contributed by atoms with Crippen LogP contribution >= 0.6 is 69.3 Å². The fourth-order valence-corrected chi connectivity index (χ4v) is 6.57. The number of fused-ring (bicyclic) bond motifs is 1. The number of esters is 1. The largest absolute Gasteiger partial charge is 0.487 e. The van der Waals surface area contributed by atoms with Crippen molar-refractivity contribution in [1.82, 2.24) is 4.57 Å². The lowest BCUT2D eigenvalue weighted by molar-refractivity contribution is -0.140. The minimum absolute atomic E-state index is 0.00867. The van der Waals surface area contributed by atoms with Gasteiger partial charge in [0, 0.05) is 15.6 Å². The number of benzene rings is 3. The molecular weight excluding hydrogens is 719 g/mol. The third-order valence-electron chi connectivity index (χ3n) is 6.47. The predicted molar refractivity (Wildman–Crippen MR) is 169 cm³/mol. The first kappa shape index (κ1) is 33.4. The summed E-state index contributed by atoms with van der Waals surface area (Å²) in [4.78, 5) is 30.4. The highest BCUT2D eigenvalue weighted by Gasteiger charge is 2.45. The smallest absolute Gasteiger partial charge is 0.434 e. The number of aromatic nitrogens is 1. The zero-order valence-electron chi connectivity index (χ0n) is 22.7. The predicted octanol–water partition coefficient (Wildman–Crippen LogP) is 8.19. The number of halogens is 8. The van der Waals surface area contributed by atoms with E-state index in [9.17, 15) is 22.8 Å². The Morgan fingerprint density at radius 1 is 0.978 bits per heavy atom. The van der Waals surface area contributed by atoms with Crippen molar-refractivity contribution in [2.24, 2.45) is 4.99 Å². The normalized spacial score (nSPS) is 15.1. The lowest BCUT2D eigenvalue weighted by Gasteiger charge is -2.26. The van der Waals surface area contributed by atoms with Gasteiger partial charge >= 0.3 is 12.1 Å². The van der Waals surface area contributed by atoms with Gasteiger partial charge in [0.1, 0.15) is 12.4 Å². The molecule has 1 atom stereocenters. The van der Waals surface area contributed by atoms with Crippen LogP contribution in [0.25, 0.3) is 6.08 Å². The third-order valence-corrected chi connectivity index (χ3v) is 8.94. The molecule has 0 fully saturated rings. The van der Waals surface area contributed by atoms with Gasteiger partial charge in [0.25, 0.3) is 5.56 Å². The molecule has 45 heavy (non-hydrogen) atoms. The number of nitrogens with zero attached hydrogens (tertiary/aromatic N) is 2. The van der Waals surface area contributed by atoms with Crippen LogP contribution in [0.5, 0.6) is 5.75 Å². The lowest BCUT2D eigenvalue weighted by Crippen LogP contribution is -2.41. The molecule has 6 nitrogen and oxygen atoms in total. The molecule has 0 amide bonds. The van der Waals surface area contributed by atoms with Crippen LogP contribution in [0.3, 0.4) is 0 Å². The highest BCUT2D eigenvalue weighted by atomic mass is 35.5. The van der Waals surface area contributed by atoms with Gasteiger partial charge < -0.3 is 9.47 Å². The highest BCUT2D eigenvalue weighted by molar-refractivity contribution is 7.07. The van der Waals surface area contributed by atoms with Crippen LogP contribution in [0, 0.1) is 0 Å². The fraction of sp³-hybridized carbons (Fsp3) is 0.167. The maximum atomic E-state index is 14.4. The number of rotatable bonds is 7. The van der Waals surface area contributed by atoms with Crippen LogP contribution in [0.1, 0.15) is 29.7 Å². The minimum atomic E-state index is -5.05. The van der Waals surface area contributed by atoms with Gasteiger partial charge in [0.05, 0.1) is 37.8 Å². The van der Waals surface area contributed by atoms with Crippen LogP contribution in [0.4, 0.5) is 13.2 Å². The number of thiazole rings is 1. The van der Waals surface area contributed by atoms with Gasteiger partial charge in [-0.3, -0.25) is 9.36 Å². The lowest BCUT2D eigenvalue weighted by atomic mass is 9.95. The molecule has 2 heterocycles. The Kier molecular flexibility index (Phi) is 9.93. The first-order chi connectivity index (χ1) is 21.3. The van der Waals surface area contributed by atoms with E-state index in [-0.39, 0.29) is 49.5 Å². The van der Waals surface area contributed by atoms with E-state index >= 15 is 0 Å². The fourth-order valence-electron chi connectivity index (χ4n) is 4.57. The number of carbonyl (C=O) groups excluding carboxylic acids is 1. The summed E-state index contributed by atoms with van der Waals surface area (Å²) in [5.41, 5.74) is -1.92. The number of alkyl halides is 3. The molecule has 0 N–H and O–H groups in total. The van der Waals surface area contributed by atoms with E-state index in [1.165, 1.54) is 49.4 Å². The number of allylic oxidation sites excluding steroid dienone is 1. The van der Waals surface area contributed by atoms with Crippen molar-refractivity contribution in [3.8, 4) is 5.75 Å². The van der Waals surface area contributed by atoms with Gasteiger partial charge in [-0.2, -0.15) is 13.2 Å². The van der Waals surface area contributed by atoms with E-state index in [1.807, 2.05) is 0 Å². The average molecular weight is 737 g/mol. The Hall–Kier alpha value is -2.99. The molecule has 0 spiro atoms. The quantitative estimate of drug-likeness (QED) is 0.180. The SMILES string of the molecule is CCOC(=O)C1=C(C(F)(F)F)N=c2s/c(=C\c3cc(Cl)cc(Cl)c3OCc3ccc(Cl)c(Cl)c3)c(=O)n2[C@@H]1c1ccc(Cl)cc1. The number of hydrogen-bond acceptors (Lipinski definition) is 6. The van der Waals surface area contributed by atoms with Crippen LogP contribution in [0.2, 0.25) is 25.1 Å². The summed E-state index contributed by atoms with van der Waals surface area (Å²) in [6.07, 6.45) is -3.67. The number of carbonyl (C=O) groups is 1. The van der Waals surface area contributed by atoms with Crippen molar-refractivity contribution >= 4 is 81.4 Å². The third kappa shape index (κ3) is 7.06. The van der Waals surface area contributed by atoms with Crippen molar-refractivity contribution < 1.29 is 27.4 Å². The molecule has 4 aromatic rings. The summed E-state index contributed by atoms with van der Waals surface area (Å²) >= 11 is 31.6. The van der Waals surface area contributed by atoms with E-state index in [0.717, 1.165) is 4.57 Å². The molecule has 234 valence electrons. The van der Waals surface area contributed by atoms with Gasteiger partial charge in [-0.25, -0.2) is 9.79 Å². The van der Waals surface area contributed by atoms with Gasteiger partial charge in [-0.1, -0.05) is 87.5 Å². The maximum absolute atomic E-state index is 14.4. The van der Waals surface area contributed by atoms with Crippen molar-refractivity contribution in [3.63, 3.8) is 0 Å². The molecule has 0 saturated heterocycles. The second-order valence-corrected chi connectivity index (χ2v) is 12.6. The van der Waals surface area contributed by atoms with E-state index in [2.05, 4.69) is 4.99 Å². The monoisotopic (exact) mass is 734 g/mol. The average Bonchev–Trinajstić information content (AvgIpc) is 3.28. The van der Waals surface area contributed by atoms with E-state index < -0.39 is 35.0 Å². The summed E-state index contributed by atoms with van der Waals surface area (Å²) in [6.45, 7) is 1.26. The second-order valence-electron chi connectivity index (χ2n) is 9.46. The summed E-state index contributed by atoms with van der Waals surface area (Å²) < 4.78 is 55.1. The Morgan fingerprint density at radius 2 is 1.69 bits per heavy atom. The molecular formula is C30H18Cl5F3N2O4S. The molecule has 5 rings (SSSR count). The molecule has 0 saturated carbocycles. The number of ether oxygens (including phenoxy) is 2. The van der Waals surface area contributed by atoms with E-state index in [0.29, 0.717) is 32.0 Å². The Labute approximate surface area is 282 Å². The molecule has 0 bridgehead atoms. The van der Waals surface area contributed by atoms with Crippen LogP contribution in [0.15, 0.2) is 75.7 Å². The zero-order valence-corrected chi connectivity index (χ0v) is 27.3. The molecule has 0 unspecified atom stereocenters. The summed E-state index contributed by atoms with van der Waals surface area (Å²) in [5, 5.41) is 1.30.